The first-order chi connectivity index (χ1) is 7.65. The molecule has 0 bridgehead atoms. The summed E-state index contributed by atoms with van der Waals surface area (Å²) in [6.07, 6.45) is 1.50. The molecule has 0 atom stereocenters. The molecule has 0 radical (unpaired) electrons. The highest BCUT2D eigenvalue weighted by molar-refractivity contribution is 7.18. The van der Waals surface area contributed by atoms with E-state index in [2.05, 4.69) is 10.3 Å². The summed E-state index contributed by atoms with van der Waals surface area (Å²) in [7, 11) is 0. The topological polar surface area (TPSA) is 68.0 Å². The Bertz CT molecular complexity index is 509. The Kier molecular flexibility index (Phi) is 3.07. The smallest absolute Gasteiger partial charge is 0.265 e. The van der Waals surface area contributed by atoms with Gasteiger partial charge in [0.05, 0.1) is 21.1 Å². The van der Waals surface area contributed by atoms with Gasteiger partial charge in [-0.05, 0) is 24.3 Å². The number of pyridine rings is 1. The highest BCUT2D eigenvalue weighted by Crippen LogP contribution is 2.22. The third-order valence-electron chi connectivity index (χ3n) is 1.84. The van der Waals surface area contributed by atoms with Gasteiger partial charge in [-0.3, -0.25) is 4.79 Å². The number of nitrogen functional groups attached to an aromatic ring is 1. The summed E-state index contributed by atoms with van der Waals surface area (Å²) in [5.74, 6) is 0.209. The fourth-order valence-electron chi connectivity index (χ4n) is 1.11. The molecule has 0 saturated carbocycles. The van der Waals surface area contributed by atoms with Crippen LogP contribution in [-0.4, -0.2) is 10.9 Å². The van der Waals surface area contributed by atoms with Gasteiger partial charge in [-0.2, -0.15) is 0 Å². The molecule has 0 fully saturated rings. The van der Waals surface area contributed by atoms with E-state index < -0.39 is 0 Å². The first kappa shape index (κ1) is 10.9. The van der Waals surface area contributed by atoms with Crippen molar-refractivity contribution in [1.82, 2.24) is 4.98 Å². The maximum atomic E-state index is 11.7. The van der Waals surface area contributed by atoms with Crippen molar-refractivity contribution in [3.05, 3.63) is 39.7 Å². The van der Waals surface area contributed by atoms with Crippen LogP contribution in [0.4, 0.5) is 11.5 Å². The molecular weight excluding hydrogens is 246 g/mol. The summed E-state index contributed by atoms with van der Waals surface area (Å²) in [4.78, 5) is 16.1. The molecule has 82 valence electrons. The van der Waals surface area contributed by atoms with Crippen molar-refractivity contribution in [3.8, 4) is 0 Å². The molecule has 2 heterocycles. The quantitative estimate of drug-likeness (QED) is 0.865. The largest absolute Gasteiger partial charge is 0.384 e. The molecule has 1 amide bonds. The van der Waals surface area contributed by atoms with Crippen LogP contribution in [0, 0.1) is 0 Å². The second kappa shape index (κ2) is 4.51. The number of carbonyl (C=O) groups excluding carboxylic acids is 1. The van der Waals surface area contributed by atoms with Crippen molar-refractivity contribution in [3.63, 3.8) is 0 Å². The molecule has 0 aliphatic rings. The molecule has 0 aliphatic heterocycles. The van der Waals surface area contributed by atoms with Gasteiger partial charge >= 0.3 is 0 Å². The molecule has 0 aromatic carbocycles. The van der Waals surface area contributed by atoms with E-state index in [9.17, 15) is 4.79 Å². The average Bonchev–Trinajstić information content (AvgIpc) is 2.68. The van der Waals surface area contributed by atoms with Crippen LogP contribution in [-0.2, 0) is 0 Å². The lowest BCUT2D eigenvalue weighted by Gasteiger charge is -2.02. The molecule has 2 rings (SSSR count). The maximum Gasteiger partial charge on any atom is 0.265 e. The summed E-state index contributed by atoms with van der Waals surface area (Å²) in [6, 6.07) is 6.67. The number of amides is 1. The predicted octanol–water partition coefficient (Wildman–Crippen LogP) is 2.63. The second-order valence-electron chi connectivity index (χ2n) is 3.03. The fourth-order valence-corrected chi connectivity index (χ4v) is 2.05. The lowest BCUT2D eigenvalue weighted by atomic mass is 10.3. The van der Waals surface area contributed by atoms with E-state index >= 15 is 0 Å². The monoisotopic (exact) mass is 253 g/mol. The fraction of sp³-hybridized carbons (Fsp3) is 0. The van der Waals surface area contributed by atoms with Crippen molar-refractivity contribution in [2.24, 2.45) is 0 Å². The Morgan fingerprint density at radius 1 is 1.38 bits per heavy atom. The molecule has 16 heavy (non-hydrogen) atoms. The number of halogens is 1. The molecule has 6 heteroatoms. The van der Waals surface area contributed by atoms with Crippen molar-refractivity contribution in [1.29, 1.82) is 0 Å². The van der Waals surface area contributed by atoms with Crippen molar-refractivity contribution >= 4 is 40.4 Å². The second-order valence-corrected chi connectivity index (χ2v) is 4.74. The van der Waals surface area contributed by atoms with Gasteiger partial charge in [0.15, 0.2) is 0 Å². The Balaban J connectivity index is 2.10. The third kappa shape index (κ3) is 2.50. The molecule has 0 saturated heterocycles. The number of hydrogen-bond donors (Lipinski definition) is 2. The van der Waals surface area contributed by atoms with Crippen LogP contribution in [0.1, 0.15) is 9.67 Å². The van der Waals surface area contributed by atoms with E-state index in [4.69, 9.17) is 17.3 Å². The van der Waals surface area contributed by atoms with Crippen LogP contribution in [0.5, 0.6) is 0 Å². The van der Waals surface area contributed by atoms with Crippen LogP contribution in [0.15, 0.2) is 30.5 Å². The van der Waals surface area contributed by atoms with E-state index in [-0.39, 0.29) is 5.91 Å². The Morgan fingerprint density at radius 3 is 2.75 bits per heavy atom. The van der Waals surface area contributed by atoms with Gasteiger partial charge in [-0.15, -0.1) is 11.3 Å². The molecule has 3 N–H and O–H groups in total. The van der Waals surface area contributed by atoms with Gasteiger partial charge in [0.25, 0.3) is 5.91 Å². The van der Waals surface area contributed by atoms with Crippen molar-refractivity contribution in [2.45, 2.75) is 0 Å². The summed E-state index contributed by atoms with van der Waals surface area (Å²) in [6.45, 7) is 0. The number of anilines is 2. The molecule has 0 spiro atoms. The highest BCUT2D eigenvalue weighted by atomic mass is 35.5. The molecule has 0 aliphatic carbocycles. The SMILES string of the molecule is Nc1ccc(NC(=O)c2ccc(Cl)s2)cn1. The average molecular weight is 254 g/mol. The number of rotatable bonds is 2. The summed E-state index contributed by atoms with van der Waals surface area (Å²) >= 11 is 6.96. The molecular formula is C10H8ClN3OS. The Morgan fingerprint density at radius 2 is 2.19 bits per heavy atom. The summed E-state index contributed by atoms with van der Waals surface area (Å²) < 4.78 is 0.584. The van der Waals surface area contributed by atoms with Gasteiger partial charge in [0.2, 0.25) is 0 Å². The van der Waals surface area contributed by atoms with E-state index in [0.29, 0.717) is 20.7 Å². The van der Waals surface area contributed by atoms with E-state index in [1.54, 1.807) is 24.3 Å². The van der Waals surface area contributed by atoms with Crippen LogP contribution >= 0.6 is 22.9 Å². The van der Waals surface area contributed by atoms with Crippen LogP contribution in [0.2, 0.25) is 4.34 Å². The minimum Gasteiger partial charge on any atom is -0.384 e. The van der Waals surface area contributed by atoms with Gasteiger partial charge < -0.3 is 11.1 Å². The number of hydrogen-bond acceptors (Lipinski definition) is 4. The van der Waals surface area contributed by atoms with Crippen LogP contribution in [0.3, 0.4) is 0 Å². The van der Waals surface area contributed by atoms with Crippen LogP contribution in [0.25, 0.3) is 0 Å². The zero-order valence-electron chi connectivity index (χ0n) is 8.11. The third-order valence-corrected chi connectivity index (χ3v) is 3.07. The molecule has 2 aromatic heterocycles. The van der Waals surface area contributed by atoms with Crippen molar-refractivity contribution in [2.75, 3.05) is 11.1 Å². The number of nitrogens with two attached hydrogens (primary N) is 1. The van der Waals surface area contributed by atoms with E-state index in [1.807, 2.05) is 0 Å². The number of nitrogens with one attached hydrogen (secondary N) is 1. The standard InChI is InChI=1S/C10H8ClN3OS/c11-8-3-2-7(16-8)10(15)14-6-1-4-9(12)13-5-6/h1-5H,(H2,12,13)(H,14,15). The predicted molar refractivity (Wildman–Crippen MR) is 65.9 cm³/mol. The zero-order valence-corrected chi connectivity index (χ0v) is 9.68. The highest BCUT2D eigenvalue weighted by Gasteiger charge is 2.08. The van der Waals surface area contributed by atoms with Gasteiger partial charge in [-0.1, -0.05) is 11.6 Å². The number of aromatic nitrogens is 1. The van der Waals surface area contributed by atoms with Crippen molar-refractivity contribution < 1.29 is 4.79 Å². The zero-order chi connectivity index (χ0) is 11.5. The maximum absolute atomic E-state index is 11.7. The van der Waals surface area contributed by atoms with Crippen LogP contribution < -0.4 is 11.1 Å². The lowest BCUT2D eigenvalue weighted by Crippen LogP contribution is -2.10. The van der Waals surface area contributed by atoms with Gasteiger partial charge in [0.1, 0.15) is 5.82 Å². The number of nitrogens with zero attached hydrogens (tertiary/aromatic N) is 1. The molecule has 2 aromatic rings. The molecule has 4 nitrogen and oxygen atoms in total. The van der Waals surface area contributed by atoms with E-state index in [1.165, 1.54) is 17.5 Å². The normalized spacial score (nSPS) is 10.1. The van der Waals surface area contributed by atoms with Gasteiger partial charge in [0, 0.05) is 0 Å². The minimum absolute atomic E-state index is 0.205. The van der Waals surface area contributed by atoms with Gasteiger partial charge in [-0.25, -0.2) is 4.98 Å². The first-order valence-electron chi connectivity index (χ1n) is 4.43. The molecule has 0 unspecified atom stereocenters. The minimum atomic E-state index is -0.205. The first-order valence-corrected chi connectivity index (χ1v) is 5.63. The lowest BCUT2D eigenvalue weighted by molar-refractivity contribution is 0.103. The Labute approximate surface area is 101 Å². The number of thiophene rings is 1. The summed E-state index contributed by atoms with van der Waals surface area (Å²) in [5, 5.41) is 2.69. The Hall–Kier alpha value is -1.59. The summed E-state index contributed by atoms with van der Waals surface area (Å²) in [5.41, 5.74) is 6.03. The van der Waals surface area contributed by atoms with E-state index in [0.717, 1.165) is 0 Å². The number of carbonyl (C=O) groups is 1.